The van der Waals surface area contributed by atoms with Crippen molar-refractivity contribution in [1.82, 2.24) is 0 Å². The number of hydrogen-bond donors (Lipinski definition) is 1. The van der Waals surface area contributed by atoms with Gasteiger partial charge in [-0.25, -0.2) is 0 Å². The van der Waals surface area contributed by atoms with Gasteiger partial charge in [0, 0.05) is 12.5 Å². The fourth-order valence-corrected chi connectivity index (χ4v) is 2.05. The summed E-state index contributed by atoms with van der Waals surface area (Å²) in [5, 5.41) is 9.27. The molecule has 0 bridgehead atoms. The number of aliphatic hydroxyl groups is 1. The van der Waals surface area contributed by atoms with E-state index in [1.54, 1.807) is 0 Å². The Morgan fingerprint density at radius 2 is 1.47 bits per heavy atom. The molecule has 0 amide bonds. The average molecular weight is 226 g/mol. The van der Waals surface area contributed by atoms with Crippen LogP contribution in [0, 0.1) is 0 Å². The molecule has 0 saturated carbocycles. The monoisotopic (exact) mass is 226 g/mol. The lowest BCUT2D eigenvalue weighted by molar-refractivity contribution is 0.262. The molecule has 1 heteroatoms. The van der Waals surface area contributed by atoms with Gasteiger partial charge < -0.3 is 5.11 Å². The van der Waals surface area contributed by atoms with E-state index in [1.165, 1.54) is 16.7 Å². The van der Waals surface area contributed by atoms with Gasteiger partial charge in [0.05, 0.1) is 0 Å². The third kappa shape index (κ3) is 2.75. The summed E-state index contributed by atoms with van der Waals surface area (Å²) in [5.74, 6) is 0.264. The molecule has 0 aliphatic heterocycles. The summed E-state index contributed by atoms with van der Waals surface area (Å²) >= 11 is 0. The van der Waals surface area contributed by atoms with Crippen LogP contribution in [0.4, 0.5) is 0 Å². The second-order valence-electron chi connectivity index (χ2n) is 4.28. The summed E-state index contributed by atoms with van der Waals surface area (Å²) in [6.07, 6.45) is 0.973. The Balaban J connectivity index is 2.24. The summed E-state index contributed by atoms with van der Waals surface area (Å²) in [7, 11) is 0. The first kappa shape index (κ1) is 11.9. The van der Waals surface area contributed by atoms with Crippen molar-refractivity contribution >= 4 is 0 Å². The van der Waals surface area contributed by atoms with Gasteiger partial charge in [-0.15, -0.1) is 0 Å². The van der Waals surface area contributed by atoms with Gasteiger partial charge in [-0.2, -0.15) is 0 Å². The standard InChI is InChI=1S/C16H18O/c1-2-13(12-17)15-8-10-16(11-9-15)14-6-4-3-5-7-14/h3-11,13,17H,2,12H2,1H3. The fourth-order valence-electron chi connectivity index (χ4n) is 2.05. The lowest BCUT2D eigenvalue weighted by Crippen LogP contribution is -2.01. The molecular formula is C16H18O. The van der Waals surface area contributed by atoms with Gasteiger partial charge in [0.25, 0.3) is 0 Å². The maximum absolute atomic E-state index is 9.27. The summed E-state index contributed by atoms with van der Waals surface area (Å²) in [6, 6.07) is 18.8. The molecule has 0 heterocycles. The molecule has 1 unspecified atom stereocenters. The van der Waals surface area contributed by atoms with E-state index in [0.717, 1.165) is 6.42 Å². The maximum atomic E-state index is 9.27. The molecule has 0 aliphatic rings. The van der Waals surface area contributed by atoms with E-state index in [0.29, 0.717) is 0 Å². The van der Waals surface area contributed by atoms with E-state index in [4.69, 9.17) is 0 Å². The molecular weight excluding hydrogens is 208 g/mol. The van der Waals surface area contributed by atoms with Crippen molar-refractivity contribution in [2.75, 3.05) is 6.61 Å². The number of benzene rings is 2. The van der Waals surface area contributed by atoms with E-state index in [9.17, 15) is 5.11 Å². The highest BCUT2D eigenvalue weighted by molar-refractivity contribution is 5.63. The predicted octanol–water partition coefficient (Wildman–Crippen LogP) is 3.84. The summed E-state index contributed by atoms with van der Waals surface area (Å²) in [5.41, 5.74) is 3.67. The smallest absolute Gasteiger partial charge is 0.0499 e. The minimum Gasteiger partial charge on any atom is -0.396 e. The molecule has 2 aromatic carbocycles. The Morgan fingerprint density at radius 1 is 0.882 bits per heavy atom. The third-order valence-corrected chi connectivity index (χ3v) is 3.20. The molecule has 2 rings (SSSR count). The minimum absolute atomic E-state index is 0.223. The van der Waals surface area contributed by atoms with Crippen LogP contribution in [-0.2, 0) is 0 Å². The molecule has 1 N–H and O–H groups in total. The highest BCUT2D eigenvalue weighted by atomic mass is 16.3. The van der Waals surface area contributed by atoms with Crippen molar-refractivity contribution in [3.8, 4) is 11.1 Å². The fraction of sp³-hybridized carbons (Fsp3) is 0.250. The summed E-state index contributed by atoms with van der Waals surface area (Å²) < 4.78 is 0. The lowest BCUT2D eigenvalue weighted by atomic mass is 9.95. The van der Waals surface area contributed by atoms with Crippen LogP contribution in [0.2, 0.25) is 0 Å². The quantitative estimate of drug-likeness (QED) is 0.839. The van der Waals surface area contributed by atoms with Gasteiger partial charge in [-0.3, -0.25) is 0 Å². The largest absolute Gasteiger partial charge is 0.396 e. The van der Waals surface area contributed by atoms with E-state index < -0.39 is 0 Å². The van der Waals surface area contributed by atoms with Crippen LogP contribution in [0.15, 0.2) is 54.6 Å². The molecule has 1 atom stereocenters. The van der Waals surface area contributed by atoms with E-state index in [-0.39, 0.29) is 12.5 Å². The molecule has 88 valence electrons. The number of rotatable bonds is 4. The van der Waals surface area contributed by atoms with Crippen molar-refractivity contribution in [2.45, 2.75) is 19.3 Å². The van der Waals surface area contributed by atoms with Crippen LogP contribution in [0.3, 0.4) is 0 Å². The Kier molecular flexibility index (Phi) is 3.94. The third-order valence-electron chi connectivity index (χ3n) is 3.20. The normalized spacial score (nSPS) is 12.4. The number of hydrogen-bond acceptors (Lipinski definition) is 1. The van der Waals surface area contributed by atoms with E-state index in [1.807, 2.05) is 18.2 Å². The van der Waals surface area contributed by atoms with Crippen LogP contribution in [-0.4, -0.2) is 11.7 Å². The molecule has 0 radical (unpaired) electrons. The van der Waals surface area contributed by atoms with Crippen LogP contribution in [0.25, 0.3) is 11.1 Å². The van der Waals surface area contributed by atoms with Gasteiger partial charge in [0.1, 0.15) is 0 Å². The summed E-state index contributed by atoms with van der Waals surface area (Å²) in [6.45, 7) is 2.33. The molecule has 2 aromatic rings. The van der Waals surface area contributed by atoms with Gasteiger partial charge in [0.2, 0.25) is 0 Å². The molecule has 0 aliphatic carbocycles. The zero-order chi connectivity index (χ0) is 12.1. The second kappa shape index (κ2) is 5.65. The molecule has 0 fully saturated rings. The summed E-state index contributed by atoms with van der Waals surface area (Å²) in [4.78, 5) is 0. The Labute approximate surface area is 103 Å². The predicted molar refractivity (Wildman–Crippen MR) is 72.0 cm³/mol. The molecule has 1 nitrogen and oxygen atoms in total. The minimum atomic E-state index is 0.223. The highest BCUT2D eigenvalue weighted by Gasteiger charge is 2.07. The Bertz CT molecular complexity index is 441. The van der Waals surface area contributed by atoms with Crippen LogP contribution >= 0.6 is 0 Å². The molecule has 0 spiro atoms. The van der Waals surface area contributed by atoms with Gasteiger partial charge in [-0.1, -0.05) is 61.5 Å². The van der Waals surface area contributed by atoms with E-state index in [2.05, 4.69) is 43.3 Å². The zero-order valence-electron chi connectivity index (χ0n) is 10.1. The van der Waals surface area contributed by atoms with Crippen molar-refractivity contribution in [1.29, 1.82) is 0 Å². The van der Waals surface area contributed by atoms with Gasteiger partial charge >= 0.3 is 0 Å². The molecule has 17 heavy (non-hydrogen) atoms. The van der Waals surface area contributed by atoms with Gasteiger partial charge in [0.15, 0.2) is 0 Å². The van der Waals surface area contributed by atoms with Crippen molar-refractivity contribution in [2.24, 2.45) is 0 Å². The van der Waals surface area contributed by atoms with E-state index >= 15 is 0 Å². The van der Waals surface area contributed by atoms with Gasteiger partial charge in [-0.05, 0) is 23.1 Å². The topological polar surface area (TPSA) is 20.2 Å². The Hall–Kier alpha value is -1.60. The zero-order valence-corrected chi connectivity index (χ0v) is 10.1. The lowest BCUT2D eigenvalue weighted by Gasteiger charge is -2.12. The highest BCUT2D eigenvalue weighted by Crippen LogP contribution is 2.23. The average Bonchev–Trinajstić information content (AvgIpc) is 2.42. The van der Waals surface area contributed by atoms with Crippen molar-refractivity contribution in [3.05, 3.63) is 60.2 Å². The Morgan fingerprint density at radius 3 is 2.00 bits per heavy atom. The van der Waals surface area contributed by atoms with Crippen LogP contribution in [0.1, 0.15) is 24.8 Å². The number of aliphatic hydroxyl groups excluding tert-OH is 1. The van der Waals surface area contributed by atoms with Crippen LogP contribution < -0.4 is 0 Å². The second-order valence-corrected chi connectivity index (χ2v) is 4.28. The first-order valence-corrected chi connectivity index (χ1v) is 6.11. The SMILES string of the molecule is CCC(CO)c1ccc(-c2ccccc2)cc1. The van der Waals surface area contributed by atoms with Crippen molar-refractivity contribution in [3.63, 3.8) is 0 Å². The maximum Gasteiger partial charge on any atom is 0.0499 e. The van der Waals surface area contributed by atoms with Crippen LogP contribution in [0.5, 0.6) is 0 Å². The first-order valence-electron chi connectivity index (χ1n) is 6.11. The molecule has 0 aromatic heterocycles. The molecule has 0 saturated heterocycles. The first-order chi connectivity index (χ1) is 8.35. The van der Waals surface area contributed by atoms with Crippen molar-refractivity contribution < 1.29 is 5.11 Å².